The lowest BCUT2D eigenvalue weighted by Gasteiger charge is -2.29. The van der Waals surface area contributed by atoms with Crippen LogP contribution in [0, 0.1) is 0 Å². The van der Waals surface area contributed by atoms with Crippen molar-refractivity contribution in [1.29, 1.82) is 0 Å². The van der Waals surface area contributed by atoms with Crippen LogP contribution in [0.2, 0.25) is 0 Å². The van der Waals surface area contributed by atoms with Gasteiger partial charge in [0.25, 0.3) is 6.43 Å². The molecule has 1 aliphatic heterocycles. The highest BCUT2D eigenvalue weighted by molar-refractivity contribution is 9.10. The lowest BCUT2D eigenvalue weighted by molar-refractivity contribution is 0.122. The quantitative estimate of drug-likeness (QED) is 0.830. The van der Waals surface area contributed by atoms with Gasteiger partial charge in [-0.2, -0.15) is 0 Å². The fourth-order valence-corrected chi connectivity index (χ4v) is 2.25. The van der Waals surface area contributed by atoms with E-state index in [0.29, 0.717) is 17.7 Å². The normalized spacial score (nSPS) is 16.9. The predicted molar refractivity (Wildman–Crippen MR) is 62.1 cm³/mol. The van der Waals surface area contributed by atoms with Crippen LogP contribution >= 0.6 is 15.9 Å². The molecule has 0 amide bonds. The Balaban J connectivity index is 2.19. The van der Waals surface area contributed by atoms with Crippen molar-refractivity contribution in [2.75, 3.05) is 31.2 Å². The van der Waals surface area contributed by atoms with Crippen molar-refractivity contribution in [3.05, 3.63) is 28.2 Å². The van der Waals surface area contributed by atoms with Gasteiger partial charge in [0.05, 0.1) is 13.2 Å². The van der Waals surface area contributed by atoms with E-state index in [9.17, 15) is 8.78 Å². The van der Waals surface area contributed by atoms with Crippen molar-refractivity contribution in [2.45, 2.75) is 6.43 Å². The second-order valence-corrected chi connectivity index (χ2v) is 4.46. The van der Waals surface area contributed by atoms with E-state index in [-0.39, 0.29) is 5.56 Å². The fourth-order valence-electron chi connectivity index (χ4n) is 1.71. The monoisotopic (exact) mass is 291 g/mol. The zero-order valence-electron chi connectivity index (χ0n) is 8.63. The molecule has 0 spiro atoms. The number of alkyl halides is 2. The minimum Gasteiger partial charge on any atom is -0.378 e. The van der Waals surface area contributed by atoms with Crippen molar-refractivity contribution in [2.24, 2.45) is 0 Å². The third kappa shape index (κ3) is 2.52. The van der Waals surface area contributed by atoms with E-state index < -0.39 is 6.43 Å². The van der Waals surface area contributed by atoms with Crippen LogP contribution < -0.4 is 4.90 Å². The first kappa shape index (κ1) is 11.8. The molecular formula is C11H12BrF2NO. The van der Waals surface area contributed by atoms with Gasteiger partial charge in [0.15, 0.2) is 0 Å². The Labute approximate surface area is 101 Å². The van der Waals surface area contributed by atoms with Crippen LogP contribution in [-0.2, 0) is 4.74 Å². The molecule has 0 saturated carbocycles. The molecule has 0 atom stereocenters. The highest BCUT2D eigenvalue weighted by Gasteiger charge is 2.15. The minimum atomic E-state index is -2.44. The minimum absolute atomic E-state index is 0.0389. The molecule has 16 heavy (non-hydrogen) atoms. The number of hydrogen-bond donors (Lipinski definition) is 0. The zero-order valence-corrected chi connectivity index (χ0v) is 10.2. The molecule has 1 aliphatic rings. The predicted octanol–water partition coefficient (Wildman–Crippen LogP) is 3.22. The Morgan fingerprint density at radius 2 is 1.94 bits per heavy atom. The lowest BCUT2D eigenvalue weighted by atomic mass is 10.2. The number of rotatable bonds is 2. The molecule has 1 fully saturated rings. The summed E-state index contributed by atoms with van der Waals surface area (Å²) in [4.78, 5) is 2.13. The van der Waals surface area contributed by atoms with Gasteiger partial charge in [-0.05, 0) is 12.1 Å². The van der Waals surface area contributed by atoms with Crippen molar-refractivity contribution in [3.63, 3.8) is 0 Å². The van der Waals surface area contributed by atoms with Crippen LogP contribution in [-0.4, -0.2) is 26.3 Å². The van der Waals surface area contributed by atoms with Gasteiger partial charge in [-0.25, -0.2) is 8.78 Å². The van der Waals surface area contributed by atoms with E-state index in [1.54, 1.807) is 12.1 Å². The van der Waals surface area contributed by atoms with E-state index in [1.807, 2.05) is 0 Å². The topological polar surface area (TPSA) is 12.5 Å². The molecule has 0 N–H and O–H groups in total. The molecule has 1 aromatic carbocycles. The van der Waals surface area contributed by atoms with Gasteiger partial charge in [-0.1, -0.05) is 22.0 Å². The first-order valence-electron chi connectivity index (χ1n) is 5.09. The fraction of sp³-hybridized carbons (Fsp3) is 0.455. The molecule has 0 aliphatic carbocycles. The number of morpholine rings is 1. The van der Waals surface area contributed by atoms with Gasteiger partial charge in [0, 0.05) is 28.8 Å². The second kappa shape index (κ2) is 5.10. The van der Waals surface area contributed by atoms with Crippen molar-refractivity contribution < 1.29 is 13.5 Å². The SMILES string of the molecule is FC(F)c1ccc(N2CCOCC2)cc1Br. The van der Waals surface area contributed by atoms with E-state index in [1.165, 1.54) is 6.07 Å². The summed E-state index contributed by atoms with van der Waals surface area (Å²) in [5, 5.41) is 0. The Morgan fingerprint density at radius 3 is 2.50 bits per heavy atom. The Morgan fingerprint density at radius 1 is 1.25 bits per heavy atom. The summed E-state index contributed by atoms with van der Waals surface area (Å²) in [6, 6.07) is 4.95. The molecule has 0 bridgehead atoms. The number of anilines is 1. The van der Waals surface area contributed by atoms with E-state index in [4.69, 9.17) is 4.74 Å². The number of nitrogens with zero attached hydrogens (tertiary/aromatic N) is 1. The summed E-state index contributed by atoms with van der Waals surface area (Å²) >= 11 is 3.18. The number of ether oxygens (including phenoxy) is 1. The smallest absolute Gasteiger partial charge is 0.264 e. The van der Waals surface area contributed by atoms with Crippen LogP contribution in [0.25, 0.3) is 0 Å². The van der Waals surface area contributed by atoms with Gasteiger partial charge >= 0.3 is 0 Å². The average molecular weight is 292 g/mol. The first-order valence-corrected chi connectivity index (χ1v) is 5.88. The molecule has 0 radical (unpaired) electrons. The van der Waals surface area contributed by atoms with Crippen molar-refractivity contribution in [3.8, 4) is 0 Å². The number of hydrogen-bond acceptors (Lipinski definition) is 2. The second-order valence-electron chi connectivity index (χ2n) is 3.61. The summed E-state index contributed by atoms with van der Waals surface area (Å²) in [5.41, 5.74) is 0.997. The molecule has 5 heteroatoms. The maximum atomic E-state index is 12.5. The van der Waals surface area contributed by atoms with Gasteiger partial charge in [0.2, 0.25) is 0 Å². The molecule has 1 heterocycles. The Bertz CT molecular complexity index is 367. The van der Waals surface area contributed by atoms with Gasteiger partial charge < -0.3 is 9.64 Å². The summed E-state index contributed by atoms with van der Waals surface area (Å²) < 4.78 is 30.8. The van der Waals surface area contributed by atoms with Gasteiger partial charge in [-0.15, -0.1) is 0 Å². The Kier molecular flexibility index (Phi) is 3.76. The standard InChI is InChI=1S/C11H12BrF2NO/c12-10-7-8(1-2-9(10)11(13)14)15-3-5-16-6-4-15/h1-2,7,11H,3-6H2. The molecule has 88 valence electrons. The summed E-state index contributed by atoms with van der Waals surface area (Å²) in [5.74, 6) is 0. The maximum absolute atomic E-state index is 12.5. The maximum Gasteiger partial charge on any atom is 0.264 e. The van der Waals surface area contributed by atoms with E-state index >= 15 is 0 Å². The first-order chi connectivity index (χ1) is 7.68. The summed E-state index contributed by atoms with van der Waals surface area (Å²) in [7, 11) is 0. The lowest BCUT2D eigenvalue weighted by Crippen LogP contribution is -2.36. The van der Waals surface area contributed by atoms with Crippen LogP contribution in [0.15, 0.2) is 22.7 Å². The Hall–Kier alpha value is -0.680. The van der Waals surface area contributed by atoms with Crippen LogP contribution in [0.5, 0.6) is 0 Å². The summed E-state index contributed by atoms with van der Waals surface area (Å²) in [6.45, 7) is 2.99. The van der Waals surface area contributed by atoms with Gasteiger partial charge in [0.1, 0.15) is 0 Å². The number of halogens is 3. The molecule has 0 aromatic heterocycles. The molecular weight excluding hydrogens is 280 g/mol. The van der Waals surface area contributed by atoms with Crippen LogP contribution in [0.4, 0.5) is 14.5 Å². The zero-order chi connectivity index (χ0) is 11.5. The third-order valence-corrected chi connectivity index (χ3v) is 3.28. The average Bonchev–Trinajstić information content (AvgIpc) is 2.29. The molecule has 1 aromatic rings. The third-order valence-electron chi connectivity index (χ3n) is 2.60. The number of benzene rings is 1. The largest absolute Gasteiger partial charge is 0.378 e. The molecule has 2 nitrogen and oxygen atoms in total. The van der Waals surface area contributed by atoms with Gasteiger partial charge in [-0.3, -0.25) is 0 Å². The van der Waals surface area contributed by atoms with E-state index in [2.05, 4.69) is 20.8 Å². The van der Waals surface area contributed by atoms with Crippen LogP contribution in [0.1, 0.15) is 12.0 Å². The highest BCUT2D eigenvalue weighted by atomic mass is 79.9. The van der Waals surface area contributed by atoms with Crippen molar-refractivity contribution in [1.82, 2.24) is 0 Å². The van der Waals surface area contributed by atoms with Crippen LogP contribution in [0.3, 0.4) is 0 Å². The molecule has 2 rings (SSSR count). The molecule has 1 saturated heterocycles. The highest BCUT2D eigenvalue weighted by Crippen LogP contribution is 2.31. The van der Waals surface area contributed by atoms with E-state index in [0.717, 1.165) is 18.8 Å². The molecule has 0 unspecified atom stereocenters. The van der Waals surface area contributed by atoms with Crippen molar-refractivity contribution >= 4 is 21.6 Å². The summed E-state index contributed by atoms with van der Waals surface area (Å²) in [6.07, 6.45) is -2.44.